The number of aliphatic hydroxyl groups excluding tert-OH is 1. The number of aliphatic hydroxyl groups is 1. The molecule has 0 bridgehead atoms. The predicted molar refractivity (Wildman–Crippen MR) is 174 cm³/mol. The van der Waals surface area contributed by atoms with Crippen molar-refractivity contribution in [1.29, 1.82) is 0 Å². The number of β-amino-alcohol motifs (C(OH)–C–C–N with tert-alkyl or cyclic N) is 1. The highest BCUT2D eigenvalue weighted by molar-refractivity contribution is 7.79. The second kappa shape index (κ2) is 15.4. The lowest BCUT2D eigenvalue weighted by Crippen LogP contribution is -2.42. The molecule has 2 heterocycles. The first-order valence-corrected chi connectivity index (χ1v) is 15.1. The number of hydrogen-bond donors (Lipinski definition) is 3. The number of aromatic nitrogens is 1. The number of amides is 3. The van der Waals surface area contributed by atoms with Crippen molar-refractivity contribution < 1.29 is 38.0 Å². The summed E-state index contributed by atoms with van der Waals surface area (Å²) in [5.74, 6) is -0.444. The van der Waals surface area contributed by atoms with Crippen molar-refractivity contribution in [3.05, 3.63) is 83.3 Å². The van der Waals surface area contributed by atoms with Crippen LogP contribution in [0.5, 0.6) is 23.0 Å². The van der Waals surface area contributed by atoms with E-state index < -0.39 is 23.9 Å². The normalized spacial score (nSPS) is 14.0. The number of imide groups is 1. The van der Waals surface area contributed by atoms with Gasteiger partial charge in [0, 0.05) is 54.1 Å². The molecule has 1 aromatic heterocycles. The fourth-order valence-electron chi connectivity index (χ4n) is 4.76. The number of morpholine rings is 1. The fraction of sp³-hybridized carbons (Fsp3) is 0.281. The van der Waals surface area contributed by atoms with Gasteiger partial charge in [-0.3, -0.25) is 14.7 Å². The number of halogens is 2. The molecule has 0 saturated carbocycles. The van der Waals surface area contributed by atoms with Crippen LogP contribution in [-0.4, -0.2) is 83.9 Å². The third-order valence-corrected chi connectivity index (χ3v) is 7.90. The van der Waals surface area contributed by atoms with Crippen LogP contribution in [0.25, 0.3) is 10.9 Å². The van der Waals surface area contributed by atoms with E-state index in [1.54, 1.807) is 42.5 Å². The topological polar surface area (TPSA) is 123 Å². The third-order valence-electron chi connectivity index (χ3n) is 7.12. The number of thiol groups is 1. The Balaban J connectivity index is 1.24. The van der Waals surface area contributed by atoms with E-state index in [1.165, 1.54) is 25.4 Å². The van der Waals surface area contributed by atoms with Crippen LogP contribution in [0.1, 0.15) is 5.56 Å². The Labute approximate surface area is 275 Å². The van der Waals surface area contributed by atoms with Crippen LogP contribution in [0.4, 0.5) is 14.9 Å². The number of methoxy groups -OCH3 is 1. The van der Waals surface area contributed by atoms with Gasteiger partial charge < -0.3 is 29.4 Å². The maximum Gasteiger partial charge on any atom is 0.338 e. The Kier molecular flexibility index (Phi) is 11.1. The summed E-state index contributed by atoms with van der Waals surface area (Å²) < 4.78 is 38.4. The second-order valence-electron chi connectivity index (χ2n) is 10.4. The first kappa shape index (κ1) is 33.2. The Hall–Kier alpha value is -4.14. The summed E-state index contributed by atoms with van der Waals surface area (Å²) in [6.45, 7) is 3.27. The van der Waals surface area contributed by atoms with Gasteiger partial charge in [-0.15, -0.1) is 0 Å². The van der Waals surface area contributed by atoms with Gasteiger partial charge >= 0.3 is 6.03 Å². The molecule has 46 heavy (non-hydrogen) atoms. The Morgan fingerprint density at radius 2 is 1.89 bits per heavy atom. The summed E-state index contributed by atoms with van der Waals surface area (Å²) >= 11 is 10.1. The average Bonchev–Trinajstić information content (AvgIpc) is 3.05. The molecule has 14 heteroatoms. The summed E-state index contributed by atoms with van der Waals surface area (Å²) in [4.78, 5) is 31.6. The van der Waals surface area contributed by atoms with Crippen molar-refractivity contribution in [1.82, 2.24) is 14.2 Å². The molecule has 242 valence electrons. The molecule has 0 aliphatic carbocycles. The molecule has 1 saturated heterocycles. The Morgan fingerprint density at radius 1 is 1.11 bits per heavy atom. The van der Waals surface area contributed by atoms with E-state index in [0.29, 0.717) is 62.8 Å². The average molecular weight is 671 g/mol. The molecule has 1 unspecified atom stereocenters. The molecule has 5 rings (SSSR count). The van der Waals surface area contributed by atoms with Crippen LogP contribution >= 0.6 is 24.4 Å². The number of pyridine rings is 1. The van der Waals surface area contributed by atoms with Crippen molar-refractivity contribution in [2.45, 2.75) is 12.5 Å². The third kappa shape index (κ3) is 8.36. The second-order valence-corrected chi connectivity index (χ2v) is 11.2. The number of urea groups is 1. The van der Waals surface area contributed by atoms with Crippen LogP contribution in [0.2, 0.25) is 5.02 Å². The van der Waals surface area contributed by atoms with Gasteiger partial charge in [-0.2, -0.15) is 0 Å². The van der Waals surface area contributed by atoms with Crippen LogP contribution in [0, 0.1) is 5.82 Å². The first-order valence-electron chi connectivity index (χ1n) is 14.3. The molecule has 0 spiro atoms. The minimum Gasteiger partial charge on any atom is -0.493 e. The summed E-state index contributed by atoms with van der Waals surface area (Å²) in [6, 6.07) is 14.6. The van der Waals surface area contributed by atoms with Crippen molar-refractivity contribution in [3.8, 4) is 23.0 Å². The lowest BCUT2D eigenvalue weighted by Gasteiger charge is -2.28. The van der Waals surface area contributed by atoms with Crippen molar-refractivity contribution in [2.24, 2.45) is 0 Å². The van der Waals surface area contributed by atoms with E-state index in [-0.39, 0.29) is 24.5 Å². The highest BCUT2D eigenvalue weighted by Gasteiger charge is 2.21. The number of benzene rings is 3. The van der Waals surface area contributed by atoms with E-state index >= 15 is 4.39 Å². The van der Waals surface area contributed by atoms with Crippen molar-refractivity contribution in [2.75, 3.05) is 51.9 Å². The maximum atomic E-state index is 15.1. The number of anilines is 1. The number of carbonyl (C=O) groups excluding carboxylic acids is 2. The minimum atomic E-state index is -0.868. The summed E-state index contributed by atoms with van der Waals surface area (Å²) in [5, 5.41) is 13.8. The number of nitrogens with one attached hydrogen (secondary N) is 1. The van der Waals surface area contributed by atoms with Gasteiger partial charge in [0.05, 0.1) is 32.3 Å². The van der Waals surface area contributed by atoms with E-state index in [9.17, 15) is 14.7 Å². The molecular weight excluding hydrogens is 639 g/mol. The zero-order valence-corrected chi connectivity index (χ0v) is 26.5. The van der Waals surface area contributed by atoms with Crippen LogP contribution in [-0.2, 0) is 16.0 Å². The van der Waals surface area contributed by atoms with Gasteiger partial charge in [0.1, 0.15) is 18.5 Å². The smallest absolute Gasteiger partial charge is 0.338 e. The maximum absolute atomic E-state index is 15.1. The lowest BCUT2D eigenvalue weighted by molar-refractivity contribution is -0.123. The van der Waals surface area contributed by atoms with E-state index in [0.717, 1.165) is 19.2 Å². The number of fused-ring (bicyclic) bond motifs is 1. The zero-order chi connectivity index (χ0) is 32.6. The molecular formula is C32H32ClFN4O7S. The largest absolute Gasteiger partial charge is 0.493 e. The van der Waals surface area contributed by atoms with Gasteiger partial charge in [0.15, 0.2) is 23.1 Å². The monoisotopic (exact) mass is 670 g/mol. The number of nitrogens with zero attached hydrogens (tertiary/aromatic N) is 3. The number of rotatable bonds is 11. The van der Waals surface area contributed by atoms with Crippen molar-refractivity contribution >= 4 is 52.9 Å². The van der Waals surface area contributed by atoms with Gasteiger partial charge in [0.2, 0.25) is 5.91 Å². The Morgan fingerprint density at radius 3 is 2.63 bits per heavy atom. The zero-order valence-electron chi connectivity index (χ0n) is 24.8. The first-order chi connectivity index (χ1) is 22.2. The predicted octanol–water partition coefficient (Wildman–Crippen LogP) is 5.35. The molecule has 11 nitrogen and oxygen atoms in total. The van der Waals surface area contributed by atoms with Crippen molar-refractivity contribution in [3.63, 3.8) is 0 Å². The molecule has 4 aromatic rings. The molecule has 1 fully saturated rings. The van der Waals surface area contributed by atoms with Crippen LogP contribution in [0.3, 0.4) is 0 Å². The fourth-order valence-corrected chi connectivity index (χ4v) is 5.08. The van der Waals surface area contributed by atoms with E-state index in [4.69, 9.17) is 30.5 Å². The standard InChI is InChI=1S/C32H32ClFN4O7S/c1-42-29-16-23-26(17-30(29)44-19-22(39)18-37-10-12-43-13-11-37)35-9-8-27(23)45-28-7-6-21(15-25(28)34)36-32(41)38(46)31(40)14-20-4-2-3-5-24(20)33/h2-9,15-17,22,39,46H,10-14,18-19H2,1H3,(H,36,41). The van der Waals surface area contributed by atoms with Gasteiger partial charge in [-0.25, -0.2) is 13.5 Å². The SMILES string of the molecule is COc1cc2c(Oc3ccc(NC(=O)N(S)C(=O)Cc4ccccc4Cl)cc3F)ccnc2cc1OCC(O)CN1CCOCC1. The molecule has 1 aliphatic rings. The van der Waals surface area contributed by atoms with Gasteiger partial charge in [0.25, 0.3) is 0 Å². The van der Waals surface area contributed by atoms with E-state index in [1.807, 2.05) is 0 Å². The summed E-state index contributed by atoms with van der Waals surface area (Å²) in [7, 11) is 1.48. The molecule has 3 amide bonds. The molecule has 1 atom stereocenters. The van der Waals surface area contributed by atoms with Crippen LogP contribution < -0.4 is 19.5 Å². The number of hydrogen-bond acceptors (Lipinski definition) is 10. The highest BCUT2D eigenvalue weighted by atomic mass is 35.5. The van der Waals surface area contributed by atoms with E-state index in [2.05, 4.69) is 28.0 Å². The lowest BCUT2D eigenvalue weighted by atomic mass is 10.1. The van der Waals surface area contributed by atoms with Crippen LogP contribution in [0.15, 0.2) is 66.9 Å². The molecule has 2 N–H and O–H groups in total. The summed E-state index contributed by atoms with van der Waals surface area (Å²) in [6.07, 6.45) is 0.642. The quantitative estimate of drug-likeness (QED) is 0.181. The number of ether oxygens (including phenoxy) is 4. The number of carbonyl (C=O) groups is 2. The van der Waals surface area contributed by atoms with Gasteiger partial charge in [-0.05, 0) is 35.9 Å². The Bertz CT molecular complexity index is 1710. The molecule has 1 aliphatic heterocycles. The molecule has 3 aromatic carbocycles. The highest BCUT2D eigenvalue weighted by Crippen LogP contribution is 2.38. The minimum absolute atomic E-state index is 0.0457. The van der Waals surface area contributed by atoms with Gasteiger partial charge in [-0.1, -0.05) is 42.6 Å². The molecule has 0 radical (unpaired) electrons. The summed E-state index contributed by atoms with van der Waals surface area (Å²) in [5.41, 5.74) is 1.12.